The number of nitrogens with zero attached hydrogens (tertiary/aromatic N) is 3. The van der Waals surface area contributed by atoms with Gasteiger partial charge in [0.1, 0.15) is 12.1 Å². The first kappa shape index (κ1) is 12.0. The van der Waals surface area contributed by atoms with E-state index in [1.165, 1.54) is 10.8 Å². The number of fused-ring (bicyclic) bond motifs is 1. The standard InChI is InChI=1S/C13H13N3O3/c17-7-9-5-11(12-14-8-15-16(12)6-9)13(19)3-1-10(18)2-4-13/h5-8,19H,1-4H2. The molecule has 0 unspecified atom stereocenters. The number of ketones is 1. The molecule has 1 saturated carbocycles. The van der Waals surface area contributed by atoms with Crippen molar-refractivity contribution in [3.63, 3.8) is 0 Å². The first-order valence-corrected chi connectivity index (χ1v) is 6.15. The van der Waals surface area contributed by atoms with Crippen LogP contribution >= 0.6 is 0 Å². The van der Waals surface area contributed by atoms with Crippen molar-refractivity contribution in [1.82, 2.24) is 14.6 Å². The lowest BCUT2D eigenvalue weighted by Gasteiger charge is -2.32. The van der Waals surface area contributed by atoms with Crippen molar-refractivity contribution in [2.45, 2.75) is 31.3 Å². The fourth-order valence-corrected chi connectivity index (χ4v) is 2.57. The predicted molar refractivity (Wildman–Crippen MR) is 65.7 cm³/mol. The molecular weight excluding hydrogens is 246 g/mol. The Bertz CT molecular complexity index is 652. The summed E-state index contributed by atoms with van der Waals surface area (Å²) in [5.74, 6) is 0.161. The van der Waals surface area contributed by atoms with E-state index in [0.717, 1.165) is 0 Å². The minimum absolute atomic E-state index is 0.161. The van der Waals surface area contributed by atoms with Crippen LogP contribution in [0.2, 0.25) is 0 Å². The molecule has 1 aliphatic carbocycles. The SMILES string of the molecule is O=Cc1cc(C2(O)CCC(=O)CC2)c2ncnn2c1. The Kier molecular flexibility index (Phi) is 2.67. The number of pyridine rings is 1. The van der Waals surface area contributed by atoms with Crippen LogP contribution < -0.4 is 0 Å². The molecule has 98 valence electrons. The largest absolute Gasteiger partial charge is 0.385 e. The third kappa shape index (κ3) is 1.94. The molecule has 0 atom stereocenters. The van der Waals surface area contributed by atoms with Crippen LogP contribution in [0.25, 0.3) is 5.65 Å². The number of Topliss-reactive ketones (excluding diaryl/α,β-unsaturated/α-hetero) is 1. The molecule has 2 heterocycles. The van der Waals surface area contributed by atoms with Gasteiger partial charge in [-0.05, 0) is 18.9 Å². The second-order valence-electron chi connectivity index (χ2n) is 4.90. The summed E-state index contributed by atoms with van der Waals surface area (Å²) in [6, 6.07) is 1.63. The molecule has 1 aliphatic rings. The molecular formula is C13H13N3O3. The van der Waals surface area contributed by atoms with Crippen LogP contribution in [-0.2, 0) is 10.4 Å². The number of aliphatic hydroxyl groups is 1. The summed E-state index contributed by atoms with van der Waals surface area (Å²) >= 11 is 0. The minimum Gasteiger partial charge on any atom is -0.385 e. The molecule has 0 aliphatic heterocycles. The molecule has 19 heavy (non-hydrogen) atoms. The summed E-state index contributed by atoms with van der Waals surface area (Å²) in [6.07, 6.45) is 5.07. The zero-order valence-electron chi connectivity index (χ0n) is 10.2. The molecule has 1 fully saturated rings. The third-order valence-corrected chi connectivity index (χ3v) is 3.67. The van der Waals surface area contributed by atoms with E-state index < -0.39 is 5.60 Å². The highest BCUT2D eigenvalue weighted by molar-refractivity contribution is 5.80. The minimum atomic E-state index is -1.11. The number of carbonyl (C=O) groups is 2. The van der Waals surface area contributed by atoms with Crippen LogP contribution in [0.5, 0.6) is 0 Å². The predicted octanol–water partition coefficient (Wildman–Crippen LogP) is 0.873. The first-order chi connectivity index (χ1) is 9.12. The molecule has 0 radical (unpaired) electrons. The van der Waals surface area contributed by atoms with Gasteiger partial charge >= 0.3 is 0 Å². The van der Waals surface area contributed by atoms with Gasteiger partial charge in [-0.1, -0.05) is 0 Å². The summed E-state index contributed by atoms with van der Waals surface area (Å²) in [7, 11) is 0. The Morgan fingerprint density at radius 3 is 2.79 bits per heavy atom. The summed E-state index contributed by atoms with van der Waals surface area (Å²) in [5.41, 5.74) is 0.421. The number of aldehydes is 1. The van der Waals surface area contributed by atoms with Crippen LogP contribution in [0.15, 0.2) is 18.6 Å². The van der Waals surface area contributed by atoms with E-state index in [-0.39, 0.29) is 5.78 Å². The van der Waals surface area contributed by atoms with Gasteiger partial charge in [0.25, 0.3) is 0 Å². The number of rotatable bonds is 2. The Balaban J connectivity index is 2.15. The second-order valence-corrected chi connectivity index (χ2v) is 4.90. The lowest BCUT2D eigenvalue weighted by Crippen LogP contribution is -2.32. The van der Waals surface area contributed by atoms with Crippen molar-refractivity contribution in [1.29, 1.82) is 0 Å². The highest BCUT2D eigenvalue weighted by Gasteiger charge is 2.36. The van der Waals surface area contributed by atoms with Gasteiger partial charge in [0, 0.05) is 30.2 Å². The number of carbonyl (C=O) groups excluding carboxylic acids is 2. The van der Waals surface area contributed by atoms with Crippen molar-refractivity contribution >= 4 is 17.7 Å². The van der Waals surface area contributed by atoms with Gasteiger partial charge in [0.05, 0.1) is 5.60 Å². The summed E-state index contributed by atoms with van der Waals surface area (Å²) in [5, 5.41) is 14.7. The summed E-state index contributed by atoms with van der Waals surface area (Å²) < 4.78 is 1.48. The van der Waals surface area contributed by atoms with E-state index in [1.54, 1.807) is 12.3 Å². The van der Waals surface area contributed by atoms with E-state index in [2.05, 4.69) is 10.1 Å². The van der Waals surface area contributed by atoms with Gasteiger partial charge in [-0.15, -0.1) is 0 Å². The molecule has 6 heteroatoms. The quantitative estimate of drug-likeness (QED) is 0.809. The van der Waals surface area contributed by atoms with Crippen LogP contribution in [0.4, 0.5) is 0 Å². The maximum atomic E-state index is 11.3. The average molecular weight is 259 g/mol. The molecule has 2 aromatic rings. The Labute approximate surface area is 109 Å². The second kappa shape index (κ2) is 4.24. The molecule has 1 N–H and O–H groups in total. The maximum absolute atomic E-state index is 11.3. The van der Waals surface area contributed by atoms with Gasteiger partial charge in [0.2, 0.25) is 0 Å². The van der Waals surface area contributed by atoms with E-state index in [1.807, 2.05) is 0 Å². The molecule has 0 spiro atoms. The molecule has 2 aromatic heterocycles. The van der Waals surface area contributed by atoms with Crippen molar-refractivity contribution < 1.29 is 14.7 Å². The normalized spacial score (nSPS) is 18.7. The van der Waals surface area contributed by atoms with Crippen LogP contribution in [0.3, 0.4) is 0 Å². The maximum Gasteiger partial charge on any atom is 0.161 e. The Morgan fingerprint density at radius 2 is 2.11 bits per heavy atom. The van der Waals surface area contributed by atoms with Crippen LogP contribution in [-0.4, -0.2) is 31.8 Å². The van der Waals surface area contributed by atoms with Crippen LogP contribution in [0.1, 0.15) is 41.6 Å². The van der Waals surface area contributed by atoms with Gasteiger partial charge in [0.15, 0.2) is 11.9 Å². The zero-order valence-corrected chi connectivity index (χ0v) is 10.2. The van der Waals surface area contributed by atoms with Gasteiger partial charge < -0.3 is 5.11 Å². The van der Waals surface area contributed by atoms with Crippen molar-refractivity contribution in [2.75, 3.05) is 0 Å². The van der Waals surface area contributed by atoms with E-state index in [9.17, 15) is 14.7 Å². The lowest BCUT2D eigenvalue weighted by molar-refractivity contribution is -0.125. The van der Waals surface area contributed by atoms with Crippen LogP contribution in [0, 0.1) is 0 Å². The van der Waals surface area contributed by atoms with E-state index >= 15 is 0 Å². The highest BCUT2D eigenvalue weighted by atomic mass is 16.3. The lowest BCUT2D eigenvalue weighted by atomic mass is 9.79. The molecule has 0 aromatic carbocycles. The Hall–Kier alpha value is -2.08. The molecule has 0 saturated heterocycles. The first-order valence-electron chi connectivity index (χ1n) is 6.15. The van der Waals surface area contributed by atoms with Crippen molar-refractivity contribution in [2.24, 2.45) is 0 Å². The monoisotopic (exact) mass is 259 g/mol. The summed E-state index contributed by atoms with van der Waals surface area (Å²) in [4.78, 5) is 26.4. The van der Waals surface area contributed by atoms with Crippen molar-refractivity contribution in [3.05, 3.63) is 29.7 Å². The number of hydrogen-bond donors (Lipinski definition) is 1. The average Bonchev–Trinajstić information content (AvgIpc) is 2.89. The number of aromatic nitrogens is 3. The Morgan fingerprint density at radius 1 is 1.37 bits per heavy atom. The number of hydrogen-bond acceptors (Lipinski definition) is 5. The molecule has 0 bridgehead atoms. The molecule has 3 rings (SSSR count). The molecule has 0 amide bonds. The summed E-state index contributed by atoms with van der Waals surface area (Å²) in [6.45, 7) is 0. The van der Waals surface area contributed by atoms with Crippen molar-refractivity contribution in [3.8, 4) is 0 Å². The third-order valence-electron chi connectivity index (χ3n) is 3.67. The van der Waals surface area contributed by atoms with E-state index in [0.29, 0.717) is 48.7 Å². The zero-order chi connectivity index (χ0) is 13.5. The van der Waals surface area contributed by atoms with Gasteiger partial charge in [-0.25, -0.2) is 9.50 Å². The van der Waals surface area contributed by atoms with Gasteiger partial charge in [-0.2, -0.15) is 5.10 Å². The van der Waals surface area contributed by atoms with Gasteiger partial charge in [-0.3, -0.25) is 9.59 Å². The highest BCUT2D eigenvalue weighted by Crippen LogP contribution is 2.37. The fraction of sp³-hybridized carbons (Fsp3) is 0.385. The molecule has 6 nitrogen and oxygen atoms in total. The fourth-order valence-electron chi connectivity index (χ4n) is 2.57. The topological polar surface area (TPSA) is 84.6 Å². The van der Waals surface area contributed by atoms with E-state index in [4.69, 9.17) is 0 Å². The smallest absolute Gasteiger partial charge is 0.161 e.